The van der Waals surface area contributed by atoms with Gasteiger partial charge < -0.3 is 19.5 Å². The van der Waals surface area contributed by atoms with Crippen LogP contribution in [0.15, 0.2) is 65.5 Å². The van der Waals surface area contributed by atoms with Gasteiger partial charge in [-0.05, 0) is 93.7 Å². The predicted molar refractivity (Wildman–Crippen MR) is 150 cm³/mol. The standard InChI is InChI=1S/C31H33F2N3O4/c1-20(2)35-13-3-4-21(18-35)19-36-30(26-11-9-24(17-28(26)33)39-15-14-37)34-29-12-10-25(16-27(29)31(36)38)40-23-7-5-22(32)6-8-23/h5-12,16-17,20-21,37H,3-4,13-15,18-19H2,1-2H3/t21-/m0/s1. The fourth-order valence-electron chi connectivity index (χ4n) is 5.18. The Kier molecular flexibility index (Phi) is 8.42. The molecule has 0 aliphatic carbocycles. The monoisotopic (exact) mass is 549 g/mol. The van der Waals surface area contributed by atoms with Gasteiger partial charge in [-0.3, -0.25) is 9.36 Å². The molecule has 40 heavy (non-hydrogen) atoms. The molecule has 0 saturated carbocycles. The van der Waals surface area contributed by atoms with Crippen molar-refractivity contribution in [1.82, 2.24) is 14.5 Å². The van der Waals surface area contributed by atoms with Crippen LogP contribution < -0.4 is 15.0 Å². The van der Waals surface area contributed by atoms with Crippen LogP contribution in [0.25, 0.3) is 22.3 Å². The Balaban J connectivity index is 1.57. The van der Waals surface area contributed by atoms with E-state index >= 15 is 4.39 Å². The van der Waals surface area contributed by atoms with Gasteiger partial charge in [-0.2, -0.15) is 0 Å². The normalized spacial score (nSPS) is 16.0. The number of rotatable bonds is 9. The number of hydrogen-bond donors (Lipinski definition) is 1. The van der Waals surface area contributed by atoms with E-state index in [9.17, 15) is 9.18 Å². The second-order valence-corrected chi connectivity index (χ2v) is 10.4. The molecule has 0 spiro atoms. The van der Waals surface area contributed by atoms with Crippen molar-refractivity contribution in [3.05, 3.63) is 82.7 Å². The highest BCUT2D eigenvalue weighted by atomic mass is 19.1. The number of halogens is 2. The quantitative estimate of drug-likeness (QED) is 0.292. The first-order chi connectivity index (χ1) is 19.3. The van der Waals surface area contributed by atoms with Gasteiger partial charge >= 0.3 is 0 Å². The van der Waals surface area contributed by atoms with E-state index in [2.05, 4.69) is 18.7 Å². The van der Waals surface area contributed by atoms with Gasteiger partial charge in [0.2, 0.25) is 0 Å². The number of piperidine rings is 1. The largest absolute Gasteiger partial charge is 0.491 e. The molecular formula is C31H33F2N3O4. The molecule has 9 heteroatoms. The summed E-state index contributed by atoms with van der Waals surface area (Å²) in [7, 11) is 0. The Labute approximate surface area is 231 Å². The lowest BCUT2D eigenvalue weighted by molar-refractivity contribution is 0.130. The van der Waals surface area contributed by atoms with Crippen molar-refractivity contribution in [2.75, 3.05) is 26.3 Å². The summed E-state index contributed by atoms with van der Waals surface area (Å²) in [6, 6.07) is 15.4. The number of aliphatic hydroxyl groups is 1. The van der Waals surface area contributed by atoms with Crippen molar-refractivity contribution in [3.63, 3.8) is 0 Å². The van der Waals surface area contributed by atoms with Gasteiger partial charge in [0.1, 0.15) is 41.3 Å². The molecule has 0 amide bonds. The lowest BCUT2D eigenvalue weighted by Crippen LogP contribution is -2.42. The summed E-state index contributed by atoms with van der Waals surface area (Å²) in [4.78, 5) is 21.2. The van der Waals surface area contributed by atoms with Gasteiger partial charge in [0.15, 0.2) is 0 Å². The van der Waals surface area contributed by atoms with Crippen molar-refractivity contribution >= 4 is 10.9 Å². The van der Waals surface area contributed by atoms with E-state index in [0.717, 1.165) is 25.9 Å². The second-order valence-electron chi connectivity index (χ2n) is 10.4. The zero-order chi connectivity index (χ0) is 28.2. The minimum absolute atomic E-state index is 0.0497. The maximum absolute atomic E-state index is 15.4. The smallest absolute Gasteiger partial charge is 0.261 e. The summed E-state index contributed by atoms with van der Waals surface area (Å²) in [5.41, 5.74) is 0.319. The van der Waals surface area contributed by atoms with Gasteiger partial charge in [-0.1, -0.05) is 0 Å². The van der Waals surface area contributed by atoms with Gasteiger partial charge in [0, 0.05) is 25.2 Å². The van der Waals surface area contributed by atoms with Gasteiger partial charge in [-0.25, -0.2) is 13.8 Å². The summed E-state index contributed by atoms with van der Waals surface area (Å²) < 4.78 is 41.5. The number of likely N-dealkylation sites (tertiary alicyclic amines) is 1. The molecule has 1 saturated heterocycles. The molecule has 1 aliphatic rings. The summed E-state index contributed by atoms with van der Waals surface area (Å²) in [5.74, 6) is 0.638. The second kappa shape index (κ2) is 12.1. The molecule has 1 aliphatic heterocycles. The van der Waals surface area contributed by atoms with E-state index in [4.69, 9.17) is 19.6 Å². The number of hydrogen-bond acceptors (Lipinski definition) is 6. The van der Waals surface area contributed by atoms with E-state index in [1.165, 1.54) is 30.3 Å². The van der Waals surface area contributed by atoms with E-state index in [0.29, 0.717) is 35.0 Å². The highest BCUT2D eigenvalue weighted by molar-refractivity contribution is 5.81. The highest BCUT2D eigenvalue weighted by Crippen LogP contribution is 2.30. The lowest BCUT2D eigenvalue weighted by Gasteiger charge is -2.35. The number of ether oxygens (including phenoxy) is 2. The minimum atomic E-state index is -0.570. The van der Waals surface area contributed by atoms with E-state index in [1.54, 1.807) is 34.9 Å². The Morgan fingerprint density at radius 3 is 2.50 bits per heavy atom. The maximum atomic E-state index is 15.4. The molecule has 0 radical (unpaired) electrons. The molecule has 210 valence electrons. The Morgan fingerprint density at radius 2 is 1.77 bits per heavy atom. The molecule has 1 atom stereocenters. The molecule has 7 nitrogen and oxygen atoms in total. The Bertz CT molecular complexity index is 1540. The van der Waals surface area contributed by atoms with Crippen LogP contribution in [0, 0.1) is 17.6 Å². The molecular weight excluding hydrogens is 516 g/mol. The number of aliphatic hydroxyl groups excluding tert-OH is 1. The van der Waals surface area contributed by atoms with Gasteiger partial charge in [0.05, 0.1) is 23.1 Å². The molecule has 0 bridgehead atoms. The molecule has 1 N–H and O–H groups in total. The molecule has 1 fully saturated rings. The molecule has 4 aromatic rings. The number of nitrogens with zero attached hydrogens (tertiary/aromatic N) is 3. The number of benzene rings is 3. The summed E-state index contributed by atoms with van der Waals surface area (Å²) in [5, 5.41) is 9.37. The van der Waals surface area contributed by atoms with Crippen LogP contribution in [-0.4, -0.2) is 51.9 Å². The summed E-state index contributed by atoms with van der Waals surface area (Å²) in [6.45, 7) is 6.44. The Morgan fingerprint density at radius 1 is 1.02 bits per heavy atom. The summed E-state index contributed by atoms with van der Waals surface area (Å²) in [6.07, 6.45) is 1.98. The van der Waals surface area contributed by atoms with Crippen molar-refractivity contribution < 1.29 is 23.4 Å². The third-order valence-corrected chi connectivity index (χ3v) is 7.24. The van der Waals surface area contributed by atoms with Crippen LogP contribution in [0.3, 0.4) is 0 Å². The van der Waals surface area contributed by atoms with Crippen LogP contribution in [0.4, 0.5) is 8.78 Å². The first-order valence-electron chi connectivity index (χ1n) is 13.6. The molecule has 3 aromatic carbocycles. The van der Waals surface area contributed by atoms with Gasteiger partial charge in [0.25, 0.3) is 5.56 Å². The topological polar surface area (TPSA) is 76.8 Å². The number of aromatic nitrogens is 2. The van der Waals surface area contributed by atoms with E-state index < -0.39 is 5.82 Å². The van der Waals surface area contributed by atoms with Crippen LogP contribution >= 0.6 is 0 Å². The highest BCUT2D eigenvalue weighted by Gasteiger charge is 2.25. The van der Waals surface area contributed by atoms with Crippen LogP contribution in [-0.2, 0) is 6.54 Å². The van der Waals surface area contributed by atoms with Crippen LogP contribution in [0.5, 0.6) is 17.2 Å². The third-order valence-electron chi connectivity index (χ3n) is 7.24. The number of fused-ring (bicyclic) bond motifs is 1. The fourth-order valence-corrected chi connectivity index (χ4v) is 5.18. The van der Waals surface area contributed by atoms with Crippen molar-refractivity contribution in [2.24, 2.45) is 5.92 Å². The van der Waals surface area contributed by atoms with E-state index in [1.807, 2.05) is 0 Å². The third kappa shape index (κ3) is 6.16. The Hall–Kier alpha value is -3.82. The molecule has 2 heterocycles. The molecule has 0 unspecified atom stereocenters. The van der Waals surface area contributed by atoms with Crippen molar-refractivity contribution in [1.29, 1.82) is 0 Å². The van der Waals surface area contributed by atoms with Crippen LogP contribution in [0.2, 0.25) is 0 Å². The lowest BCUT2D eigenvalue weighted by atomic mass is 9.96. The first-order valence-corrected chi connectivity index (χ1v) is 13.6. The van der Waals surface area contributed by atoms with Crippen molar-refractivity contribution in [3.8, 4) is 28.6 Å². The maximum Gasteiger partial charge on any atom is 0.261 e. The summed E-state index contributed by atoms with van der Waals surface area (Å²) >= 11 is 0. The minimum Gasteiger partial charge on any atom is -0.491 e. The zero-order valence-electron chi connectivity index (χ0n) is 22.6. The zero-order valence-corrected chi connectivity index (χ0v) is 22.6. The molecule has 1 aromatic heterocycles. The SMILES string of the molecule is CC(C)N1CCC[C@H](Cn2c(-c3ccc(OCCO)cc3F)nc3ccc(Oc4ccc(F)cc4)cc3c2=O)C1. The predicted octanol–water partition coefficient (Wildman–Crippen LogP) is 5.63. The first kappa shape index (κ1) is 27.7. The van der Waals surface area contributed by atoms with Gasteiger partial charge in [-0.15, -0.1) is 0 Å². The van der Waals surface area contributed by atoms with Crippen molar-refractivity contribution in [2.45, 2.75) is 39.3 Å². The average Bonchev–Trinajstić information content (AvgIpc) is 2.95. The molecule has 5 rings (SSSR count). The fraction of sp³-hybridized carbons (Fsp3) is 0.355. The van der Waals surface area contributed by atoms with E-state index in [-0.39, 0.29) is 47.6 Å². The average molecular weight is 550 g/mol. The van der Waals surface area contributed by atoms with Crippen LogP contribution in [0.1, 0.15) is 26.7 Å².